The van der Waals surface area contributed by atoms with Crippen molar-refractivity contribution in [2.45, 2.75) is 31.3 Å². The molecule has 9 heteroatoms. The number of hydrogen-bond donors (Lipinski definition) is 4. The number of nitrogen functional groups attached to an aromatic ring is 1. The quantitative estimate of drug-likeness (QED) is 0.492. The highest BCUT2D eigenvalue weighted by molar-refractivity contribution is 7.99. The van der Waals surface area contributed by atoms with Gasteiger partial charge in [-0.1, -0.05) is 37.7 Å². The van der Waals surface area contributed by atoms with Crippen LogP contribution in [0, 0.1) is 0 Å². The molecule has 1 aromatic carbocycles. The number of imidazole rings is 1. The van der Waals surface area contributed by atoms with Gasteiger partial charge in [0.25, 0.3) is 5.56 Å². The lowest BCUT2D eigenvalue weighted by atomic mass is 9.99. The molecule has 0 radical (unpaired) electrons. The zero-order valence-corrected chi connectivity index (χ0v) is 15.3. The average molecular weight is 372 g/mol. The van der Waals surface area contributed by atoms with Crippen LogP contribution in [0.1, 0.15) is 31.7 Å². The molecule has 1 amide bonds. The highest BCUT2D eigenvalue weighted by atomic mass is 32.2. The second-order valence-electron chi connectivity index (χ2n) is 5.96. The summed E-state index contributed by atoms with van der Waals surface area (Å²) in [6.07, 6.45) is 1.07. The maximum atomic E-state index is 12.1. The minimum Gasteiger partial charge on any atom is -0.369 e. The lowest BCUT2D eigenvalue weighted by Gasteiger charge is -2.10. The highest BCUT2D eigenvalue weighted by Crippen LogP contribution is 2.21. The second-order valence-corrected chi connectivity index (χ2v) is 6.92. The van der Waals surface area contributed by atoms with Gasteiger partial charge in [0.2, 0.25) is 11.9 Å². The molecule has 2 heterocycles. The van der Waals surface area contributed by atoms with E-state index in [0.717, 1.165) is 12.1 Å². The Hall–Kier alpha value is -2.81. The molecule has 0 aliphatic rings. The number of rotatable bonds is 6. The van der Waals surface area contributed by atoms with Gasteiger partial charge in [-0.25, -0.2) is 4.98 Å². The maximum Gasteiger partial charge on any atom is 0.278 e. The van der Waals surface area contributed by atoms with Crippen molar-refractivity contribution >= 4 is 40.5 Å². The van der Waals surface area contributed by atoms with Gasteiger partial charge in [-0.2, -0.15) is 4.98 Å². The fourth-order valence-electron chi connectivity index (χ4n) is 2.43. The molecule has 3 aromatic rings. The summed E-state index contributed by atoms with van der Waals surface area (Å²) >= 11 is 1.19. The van der Waals surface area contributed by atoms with E-state index in [1.54, 1.807) is 0 Å². The number of thioether (sulfide) groups is 1. The Morgan fingerprint density at radius 2 is 2.00 bits per heavy atom. The molecule has 26 heavy (non-hydrogen) atoms. The number of fused-ring (bicyclic) bond motifs is 1. The molecule has 3 rings (SSSR count). The number of anilines is 2. The van der Waals surface area contributed by atoms with Gasteiger partial charge in [0, 0.05) is 5.69 Å². The number of aromatic amines is 2. The molecule has 2 aromatic heterocycles. The summed E-state index contributed by atoms with van der Waals surface area (Å²) in [6, 6.07) is 7.85. The first-order valence-electron chi connectivity index (χ1n) is 8.24. The van der Waals surface area contributed by atoms with Gasteiger partial charge in [-0.15, -0.1) is 0 Å². The normalized spacial score (nSPS) is 12.2. The number of nitrogens with one attached hydrogen (secondary N) is 3. The molecular weight excluding hydrogens is 352 g/mol. The summed E-state index contributed by atoms with van der Waals surface area (Å²) < 4.78 is 0. The molecular formula is C17H20N6O2S. The third-order valence-electron chi connectivity index (χ3n) is 4.07. The SMILES string of the molecule is CCC(C)c1ccc(NC(=O)CSc2nc3nc(N)[nH]c(=O)c3[nH]2)cc1. The van der Waals surface area contributed by atoms with Crippen molar-refractivity contribution in [3.05, 3.63) is 40.2 Å². The van der Waals surface area contributed by atoms with Crippen LogP contribution in [0.4, 0.5) is 11.6 Å². The van der Waals surface area contributed by atoms with E-state index in [1.165, 1.54) is 17.3 Å². The Bertz CT molecular complexity index is 979. The minimum absolute atomic E-state index is 0.00383. The Morgan fingerprint density at radius 3 is 2.69 bits per heavy atom. The lowest BCUT2D eigenvalue weighted by molar-refractivity contribution is -0.113. The van der Waals surface area contributed by atoms with E-state index >= 15 is 0 Å². The van der Waals surface area contributed by atoms with Gasteiger partial charge in [0.1, 0.15) is 0 Å². The standard InChI is InChI=1S/C17H20N6O2S/c1-3-9(2)10-4-6-11(7-5-10)19-12(24)8-26-17-20-13-14(22-17)21-16(18)23-15(13)25/h4-7,9H,3,8H2,1-2H3,(H,19,24)(H4,18,20,21,22,23,25). The maximum absolute atomic E-state index is 12.1. The van der Waals surface area contributed by atoms with Crippen molar-refractivity contribution in [3.63, 3.8) is 0 Å². The zero-order valence-electron chi connectivity index (χ0n) is 14.5. The van der Waals surface area contributed by atoms with Gasteiger partial charge in [-0.3, -0.25) is 14.6 Å². The van der Waals surface area contributed by atoms with Crippen LogP contribution >= 0.6 is 11.8 Å². The van der Waals surface area contributed by atoms with Crippen LogP contribution in [0.5, 0.6) is 0 Å². The van der Waals surface area contributed by atoms with Gasteiger partial charge in [0.15, 0.2) is 16.3 Å². The Labute approximate surface area is 154 Å². The fourth-order valence-corrected chi connectivity index (χ4v) is 3.10. The number of benzene rings is 1. The van der Waals surface area contributed by atoms with E-state index in [0.29, 0.717) is 11.1 Å². The fraction of sp³-hybridized carbons (Fsp3) is 0.294. The van der Waals surface area contributed by atoms with Crippen molar-refractivity contribution in [2.75, 3.05) is 16.8 Å². The van der Waals surface area contributed by atoms with E-state index in [-0.39, 0.29) is 28.8 Å². The van der Waals surface area contributed by atoms with E-state index in [2.05, 4.69) is 39.1 Å². The van der Waals surface area contributed by atoms with Crippen LogP contribution in [-0.2, 0) is 4.79 Å². The molecule has 8 nitrogen and oxygen atoms in total. The molecule has 1 unspecified atom stereocenters. The number of carbonyl (C=O) groups is 1. The first-order valence-corrected chi connectivity index (χ1v) is 9.23. The van der Waals surface area contributed by atoms with E-state index in [9.17, 15) is 9.59 Å². The molecule has 0 saturated carbocycles. The largest absolute Gasteiger partial charge is 0.369 e. The van der Waals surface area contributed by atoms with E-state index in [1.807, 2.05) is 24.3 Å². The van der Waals surface area contributed by atoms with Gasteiger partial charge in [-0.05, 0) is 30.0 Å². The molecule has 0 aliphatic heterocycles. The molecule has 0 spiro atoms. The molecule has 0 bridgehead atoms. The second kappa shape index (κ2) is 7.61. The summed E-state index contributed by atoms with van der Waals surface area (Å²) in [4.78, 5) is 37.2. The average Bonchev–Trinajstić information content (AvgIpc) is 3.03. The first kappa shape index (κ1) is 18.0. The first-order chi connectivity index (χ1) is 12.5. The number of H-pyrrole nitrogens is 2. The Balaban J connectivity index is 1.60. The van der Waals surface area contributed by atoms with Crippen LogP contribution in [0.2, 0.25) is 0 Å². The molecule has 136 valence electrons. The van der Waals surface area contributed by atoms with Crippen molar-refractivity contribution in [3.8, 4) is 0 Å². The Morgan fingerprint density at radius 1 is 1.27 bits per heavy atom. The molecule has 1 atom stereocenters. The lowest BCUT2D eigenvalue weighted by Crippen LogP contribution is -2.14. The highest BCUT2D eigenvalue weighted by Gasteiger charge is 2.11. The predicted octanol–water partition coefficient (Wildman–Crippen LogP) is 2.47. The number of aromatic nitrogens is 4. The third kappa shape index (κ3) is 4.05. The number of carbonyl (C=O) groups excluding carboxylic acids is 1. The Kier molecular flexibility index (Phi) is 5.27. The van der Waals surface area contributed by atoms with Gasteiger partial charge >= 0.3 is 0 Å². The smallest absolute Gasteiger partial charge is 0.278 e. The number of amides is 1. The van der Waals surface area contributed by atoms with E-state index in [4.69, 9.17) is 5.73 Å². The van der Waals surface area contributed by atoms with Gasteiger partial charge < -0.3 is 16.0 Å². The van der Waals surface area contributed by atoms with Crippen molar-refractivity contribution in [1.29, 1.82) is 0 Å². The molecule has 0 fully saturated rings. The number of hydrogen-bond acceptors (Lipinski definition) is 6. The minimum atomic E-state index is -0.391. The predicted molar refractivity (Wildman–Crippen MR) is 103 cm³/mol. The van der Waals surface area contributed by atoms with Crippen LogP contribution in [0.25, 0.3) is 11.2 Å². The summed E-state index contributed by atoms with van der Waals surface area (Å²) in [7, 11) is 0. The van der Waals surface area contributed by atoms with Crippen LogP contribution in [0.15, 0.2) is 34.2 Å². The number of nitrogens with two attached hydrogens (primary N) is 1. The van der Waals surface area contributed by atoms with E-state index < -0.39 is 5.56 Å². The van der Waals surface area contributed by atoms with Crippen LogP contribution in [0.3, 0.4) is 0 Å². The molecule has 5 N–H and O–H groups in total. The van der Waals surface area contributed by atoms with Crippen molar-refractivity contribution in [2.24, 2.45) is 0 Å². The zero-order chi connectivity index (χ0) is 18.7. The van der Waals surface area contributed by atoms with Crippen molar-refractivity contribution < 1.29 is 4.79 Å². The van der Waals surface area contributed by atoms with Crippen molar-refractivity contribution in [1.82, 2.24) is 19.9 Å². The van der Waals surface area contributed by atoms with Gasteiger partial charge in [0.05, 0.1) is 5.75 Å². The van der Waals surface area contributed by atoms with Crippen LogP contribution < -0.4 is 16.6 Å². The third-order valence-corrected chi connectivity index (χ3v) is 4.95. The summed E-state index contributed by atoms with van der Waals surface area (Å²) in [6.45, 7) is 4.32. The summed E-state index contributed by atoms with van der Waals surface area (Å²) in [5.74, 6) is 0.492. The molecule has 0 saturated heterocycles. The summed E-state index contributed by atoms with van der Waals surface area (Å²) in [5, 5.41) is 3.28. The summed E-state index contributed by atoms with van der Waals surface area (Å²) in [5.41, 5.74) is 7.57. The molecule has 0 aliphatic carbocycles. The topological polar surface area (TPSA) is 130 Å². The van der Waals surface area contributed by atoms with Crippen LogP contribution in [-0.4, -0.2) is 31.6 Å². The monoisotopic (exact) mass is 372 g/mol. The number of nitrogens with zero attached hydrogens (tertiary/aromatic N) is 2.